The van der Waals surface area contributed by atoms with Crippen molar-refractivity contribution in [1.82, 2.24) is 19.4 Å². The van der Waals surface area contributed by atoms with Crippen LogP contribution in [0.15, 0.2) is 64.8 Å². The summed E-state index contributed by atoms with van der Waals surface area (Å²) in [6.07, 6.45) is -2.14. The molecule has 0 unspecified atom stereocenters. The van der Waals surface area contributed by atoms with E-state index in [9.17, 15) is 23.1 Å². The first-order valence-electron chi connectivity index (χ1n) is 9.69. The molecule has 1 aliphatic rings. The maximum absolute atomic E-state index is 13.1. The Kier molecular flexibility index (Phi) is 6.40. The molecule has 2 aromatic rings. The van der Waals surface area contributed by atoms with Crippen molar-refractivity contribution in [2.75, 3.05) is 32.7 Å². The van der Waals surface area contributed by atoms with Gasteiger partial charge in [-0.1, -0.05) is 24.8 Å². The van der Waals surface area contributed by atoms with Gasteiger partial charge in [0.15, 0.2) is 0 Å². The molecule has 30 heavy (non-hydrogen) atoms. The van der Waals surface area contributed by atoms with E-state index in [0.717, 1.165) is 17.1 Å². The number of aliphatic hydroxyl groups is 1. The summed E-state index contributed by atoms with van der Waals surface area (Å²) in [4.78, 5) is 19.0. The van der Waals surface area contributed by atoms with Crippen molar-refractivity contribution in [2.45, 2.75) is 19.6 Å². The van der Waals surface area contributed by atoms with E-state index in [1.165, 1.54) is 0 Å². The number of fused-ring (bicyclic) bond motifs is 1. The topological polar surface area (TPSA) is 64.5 Å². The number of nitrogens with one attached hydrogen (secondary N) is 1. The second-order valence-corrected chi connectivity index (χ2v) is 7.14. The van der Waals surface area contributed by atoms with E-state index in [4.69, 9.17) is 0 Å². The number of nitrogens with zero attached hydrogens (tertiary/aromatic N) is 3. The fourth-order valence-electron chi connectivity index (χ4n) is 3.63. The van der Waals surface area contributed by atoms with Gasteiger partial charge in [-0.3, -0.25) is 9.47 Å². The zero-order valence-corrected chi connectivity index (χ0v) is 16.7. The smallest absolute Gasteiger partial charge is 0.420 e. The minimum absolute atomic E-state index is 0.153. The molecule has 162 valence electrons. The van der Waals surface area contributed by atoms with Crippen LogP contribution in [0, 0.1) is 0 Å². The van der Waals surface area contributed by atoms with Gasteiger partial charge in [-0.15, -0.1) is 0 Å². The minimum Gasteiger partial charge on any atom is -0.508 e. The largest absolute Gasteiger partial charge is 0.508 e. The first kappa shape index (κ1) is 21.8. The van der Waals surface area contributed by atoms with Crippen LogP contribution in [-0.4, -0.2) is 63.4 Å². The summed E-state index contributed by atoms with van der Waals surface area (Å²) in [6, 6.07) is 7.50. The van der Waals surface area contributed by atoms with Crippen LogP contribution >= 0.6 is 0 Å². The number of rotatable bonds is 6. The van der Waals surface area contributed by atoms with Crippen molar-refractivity contribution >= 4 is 11.0 Å². The molecule has 2 N–H and O–H groups in total. The normalized spacial score (nSPS) is 17.0. The van der Waals surface area contributed by atoms with Crippen LogP contribution in [0.5, 0.6) is 0 Å². The lowest BCUT2D eigenvalue weighted by Crippen LogP contribution is -2.46. The number of hydrogen-bond acceptors (Lipinski definition) is 4. The lowest BCUT2D eigenvalue weighted by atomic mass is 10.1. The highest BCUT2D eigenvalue weighted by Crippen LogP contribution is 2.31. The van der Waals surface area contributed by atoms with Gasteiger partial charge in [0, 0.05) is 45.0 Å². The second-order valence-electron chi connectivity index (χ2n) is 7.14. The van der Waals surface area contributed by atoms with Gasteiger partial charge in [0.2, 0.25) is 0 Å². The molecule has 9 heteroatoms. The summed E-state index contributed by atoms with van der Waals surface area (Å²) in [5.41, 5.74) is 0.746. The maximum Gasteiger partial charge on any atom is 0.420 e. The zero-order valence-electron chi connectivity index (χ0n) is 16.7. The van der Waals surface area contributed by atoms with Gasteiger partial charge in [-0.05, 0) is 25.1 Å². The molecule has 1 fully saturated rings. The molecule has 3 rings (SSSR count). The number of alkyl halides is 3. The monoisotopic (exact) mass is 422 g/mol. The molecule has 2 heterocycles. The van der Waals surface area contributed by atoms with Gasteiger partial charge in [0.05, 0.1) is 16.6 Å². The van der Waals surface area contributed by atoms with E-state index in [1.54, 1.807) is 17.6 Å². The van der Waals surface area contributed by atoms with Crippen molar-refractivity contribution in [2.24, 2.45) is 0 Å². The second kappa shape index (κ2) is 8.83. The molecule has 0 radical (unpaired) electrons. The fourth-order valence-corrected chi connectivity index (χ4v) is 3.63. The first-order chi connectivity index (χ1) is 14.2. The van der Waals surface area contributed by atoms with Gasteiger partial charge >= 0.3 is 11.9 Å². The Labute approximate surface area is 172 Å². The number of H-pyrrole nitrogens is 1. The highest BCUT2D eigenvalue weighted by Gasteiger charge is 2.36. The number of benzene rings is 1. The lowest BCUT2D eigenvalue weighted by Gasteiger charge is -2.37. The molecule has 1 aliphatic heterocycles. The molecular weight excluding hydrogens is 397 g/mol. The highest BCUT2D eigenvalue weighted by atomic mass is 19.4. The summed E-state index contributed by atoms with van der Waals surface area (Å²) in [5, 5.41) is 9.32. The first-order valence-corrected chi connectivity index (χ1v) is 9.69. The molecule has 1 saturated heterocycles. The van der Waals surface area contributed by atoms with Gasteiger partial charge in [-0.2, -0.15) is 13.2 Å². The summed E-state index contributed by atoms with van der Waals surface area (Å²) in [6.45, 7) is 8.28. The van der Waals surface area contributed by atoms with Crippen molar-refractivity contribution in [1.29, 1.82) is 0 Å². The third kappa shape index (κ3) is 4.79. The number of imidazole rings is 1. The lowest BCUT2D eigenvalue weighted by molar-refractivity contribution is -0.0924. The Morgan fingerprint density at radius 2 is 1.87 bits per heavy atom. The molecule has 0 spiro atoms. The SMILES string of the molecule is C=C(O)/C(=C\C(=C/C)N1CCN(CCn2c(=O)[nH]c3ccccc32)CC1)C(F)(F)F. The van der Waals surface area contributed by atoms with Crippen LogP contribution in [0.1, 0.15) is 6.92 Å². The molecule has 0 saturated carbocycles. The third-order valence-electron chi connectivity index (χ3n) is 5.26. The van der Waals surface area contributed by atoms with Gasteiger partial charge in [0.25, 0.3) is 0 Å². The van der Waals surface area contributed by atoms with Gasteiger partial charge in [0.1, 0.15) is 5.76 Å². The number of aliphatic hydroxyl groups excluding tert-OH is 1. The molecule has 0 atom stereocenters. The van der Waals surface area contributed by atoms with E-state index >= 15 is 0 Å². The van der Waals surface area contributed by atoms with Crippen LogP contribution in [0.4, 0.5) is 13.2 Å². The number of allylic oxidation sites excluding steroid dienone is 3. The summed E-state index contributed by atoms with van der Waals surface area (Å²) in [5.74, 6) is -0.996. The van der Waals surface area contributed by atoms with E-state index < -0.39 is 17.5 Å². The number of aromatic amines is 1. The molecule has 0 bridgehead atoms. The van der Waals surface area contributed by atoms with Crippen LogP contribution in [0.3, 0.4) is 0 Å². The number of hydrogen-bond donors (Lipinski definition) is 2. The number of piperazine rings is 1. The zero-order chi connectivity index (χ0) is 21.9. The minimum atomic E-state index is -4.67. The average molecular weight is 422 g/mol. The molecule has 6 nitrogen and oxygen atoms in total. The van der Waals surface area contributed by atoms with E-state index in [0.29, 0.717) is 45.0 Å². The molecular formula is C21H25F3N4O2. The molecule has 0 amide bonds. The molecule has 1 aromatic carbocycles. The Bertz CT molecular complexity index is 1020. The van der Waals surface area contributed by atoms with Crippen LogP contribution in [0.2, 0.25) is 0 Å². The predicted octanol–water partition coefficient (Wildman–Crippen LogP) is 3.41. The third-order valence-corrected chi connectivity index (χ3v) is 5.26. The van der Waals surface area contributed by atoms with Crippen LogP contribution < -0.4 is 5.69 Å². The molecule has 1 aromatic heterocycles. The summed E-state index contributed by atoms with van der Waals surface area (Å²) in [7, 11) is 0. The fraction of sp³-hybridized carbons (Fsp3) is 0.381. The Balaban J connectivity index is 1.62. The molecule has 0 aliphatic carbocycles. The maximum atomic E-state index is 13.1. The van der Waals surface area contributed by atoms with Crippen LogP contribution in [0.25, 0.3) is 11.0 Å². The van der Waals surface area contributed by atoms with E-state index in [-0.39, 0.29) is 5.69 Å². The highest BCUT2D eigenvalue weighted by molar-refractivity contribution is 5.74. The standard InChI is InChI=1S/C21H25F3N4O2/c1-3-16(14-17(15(2)29)21(22,23)24)27-11-8-26(9-12-27)10-13-28-19-7-5-4-6-18(19)25-20(28)30/h3-7,14,29H,2,8-13H2,1H3,(H,25,30)/b16-3+,17-14+. The van der Waals surface area contributed by atoms with Gasteiger partial charge < -0.3 is 15.0 Å². The van der Waals surface area contributed by atoms with Crippen molar-refractivity contribution in [3.8, 4) is 0 Å². The predicted molar refractivity (Wildman–Crippen MR) is 110 cm³/mol. The van der Waals surface area contributed by atoms with E-state index in [2.05, 4.69) is 16.5 Å². The Morgan fingerprint density at radius 3 is 2.47 bits per heavy atom. The summed E-state index contributed by atoms with van der Waals surface area (Å²) >= 11 is 0. The van der Waals surface area contributed by atoms with Gasteiger partial charge in [-0.25, -0.2) is 4.79 Å². The van der Waals surface area contributed by atoms with Crippen molar-refractivity contribution in [3.63, 3.8) is 0 Å². The summed E-state index contributed by atoms with van der Waals surface area (Å²) < 4.78 is 41.0. The van der Waals surface area contributed by atoms with Crippen molar-refractivity contribution < 1.29 is 18.3 Å². The number of aromatic nitrogens is 2. The Hall–Kier alpha value is -2.94. The average Bonchev–Trinajstić information content (AvgIpc) is 3.01. The number of halogens is 3. The number of para-hydroxylation sites is 2. The quantitative estimate of drug-likeness (QED) is 0.553. The van der Waals surface area contributed by atoms with Crippen molar-refractivity contribution in [3.05, 3.63) is 70.5 Å². The van der Waals surface area contributed by atoms with Crippen LogP contribution in [-0.2, 0) is 6.54 Å². The Morgan fingerprint density at radius 1 is 1.20 bits per heavy atom. The van der Waals surface area contributed by atoms with E-state index in [1.807, 2.05) is 29.2 Å².